The first-order chi connectivity index (χ1) is 11.6. The second-order valence-electron chi connectivity index (χ2n) is 6.01. The molecule has 4 N–H and O–H groups in total. The largest absolute Gasteiger partial charge is 0.463 e. The number of anilines is 1. The number of nitrogens with one attached hydrogen (secondary N) is 2. The van der Waals surface area contributed by atoms with Crippen LogP contribution in [0, 0.1) is 0 Å². The number of imidazole rings is 1. The molecule has 0 bridgehead atoms. The van der Waals surface area contributed by atoms with Gasteiger partial charge in [0, 0.05) is 26.2 Å². The van der Waals surface area contributed by atoms with Gasteiger partial charge in [-0.25, -0.2) is 4.79 Å². The monoisotopic (exact) mass is 335 g/mol. The van der Waals surface area contributed by atoms with Crippen LogP contribution >= 0.6 is 0 Å². The van der Waals surface area contributed by atoms with Crippen LogP contribution in [0.3, 0.4) is 0 Å². The van der Waals surface area contributed by atoms with Crippen molar-refractivity contribution in [3.05, 3.63) is 10.5 Å². The van der Waals surface area contributed by atoms with E-state index >= 15 is 0 Å². The van der Waals surface area contributed by atoms with E-state index in [9.17, 15) is 4.79 Å². The average molecular weight is 335 g/mol. The number of aromatic amines is 1. The number of nitrogens with zero attached hydrogens (tertiary/aromatic N) is 4. The Morgan fingerprint density at radius 1 is 1.33 bits per heavy atom. The van der Waals surface area contributed by atoms with Crippen molar-refractivity contribution >= 4 is 17.0 Å². The summed E-state index contributed by atoms with van der Waals surface area (Å²) in [5.41, 5.74) is 6.70. The van der Waals surface area contributed by atoms with Gasteiger partial charge in [-0.2, -0.15) is 9.97 Å². The minimum absolute atomic E-state index is 0.119. The molecule has 1 aliphatic rings. The molecule has 0 amide bonds. The number of H-pyrrole nitrogens is 1. The lowest BCUT2D eigenvalue weighted by Gasteiger charge is -2.32. The number of unbranched alkanes of at least 4 members (excludes halogenated alkanes) is 1. The summed E-state index contributed by atoms with van der Waals surface area (Å²) in [6, 6.07) is 0.216. The lowest BCUT2D eigenvalue weighted by molar-refractivity contribution is 0.135. The average Bonchev–Trinajstić information content (AvgIpc) is 2.92. The maximum atomic E-state index is 12.4. The normalized spacial score (nSPS) is 17.2. The molecule has 1 atom stereocenters. The molecule has 1 aliphatic heterocycles. The molecule has 0 spiro atoms. The maximum absolute atomic E-state index is 12.4. The molecule has 0 radical (unpaired) electrons. The van der Waals surface area contributed by atoms with Gasteiger partial charge in [0.1, 0.15) is 5.52 Å². The molecule has 1 saturated heterocycles. The van der Waals surface area contributed by atoms with Crippen LogP contribution in [0.4, 0.5) is 5.82 Å². The van der Waals surface area contributed by atoms with Gasteiger partial charge in [0.15, 0.2) is 11.5 Å². The highest BCUT2D eigenvalue weighted by Gasteiger charge is 2.23. The molecule has 9 nitrogen and oxygen atoms in total. The number of fused-ring (bicyclic) bond motifs is 1. The Morgan fingerprint density at radius 2 is 2.08 bits per heavy atom. The van der Waals surface area contributed by atoms with Gasteiger partial charge in [0.05, 0.1) is 12.8 Å². The first-order valence-corrected chi connectivity index (χ1v) is 8.47. The zero-order valence-electron chi connectivity index (χ0n) is 14.2. The van der Waals surface area contributed by atoms with Gasteiger partial charge in [-0.3, -0.25) is 9.47 Å². The van der Waals surface area contributed by atoms with Crippen LogP contribution in [-0.2, 0) is 0 Å². The predicted molar refractivity (Wildman–Crippen MR) is 92.1 cm³/mol. The molecule has 2 aromatic rings. The van der Waals surface area contributed by atoms with Crippen LogP contribution in [0.2, 0.25) is 0 Å². The first kappa shape index (κ1) is 16.7. The molecule has 0 aliphatic carbocycles. The molecule has 0 saturated carbocycles. The number of nitrogens with two attached hydrogens (primary N) is 1. The Labute approximate surface area is 140 Å². The summed E-state index contributed by atoms with van der Waals surface area (Å²) in [6.45, 7) is 8.18. The van der Waals surface area contributed by atoms with Gasteiger partial charge < -0.3 is 20.8 Å². The van der Waals surface area contributed by atoms with Crippen molar-refractivity contribution < 1.29 is 4.74 Å². The zero-order chi connectivity index (χ0) is 17.1. The van der Waals surface area contributed by atoms with Crippen LogP contribution in [0.1, 0.15) is 32.9 Å². The smallest absolute Gasteiger partial charge is 0.329 e. The fourth-order valence-corrected chi connectivity index (χ4v) is 2.94. The highest BCUT2D eigenvalue weighted by Crippen LogP contribution is 2.22. The lowest BCUT2D eigenvalue weighted by Crippen LogP contribution is -2.47. The van der Waals surface area contributed by atoms with Crippen LogP contribution in [0.15, 0.2) is 4.79 Å². The highest BCUT2D eigenvalue weighted by atomic mass is 16.5. The number of rotatable bonds is 6. The van der Waals surface area contributed by atoms with Crippen molar-refractivity contribution in [2.45, 2.75) is 32.9 Å². The molecule has 3 rings (SSSR count). The van der Waals surface area contributed by atoms with Crippen molar-refractivity contribution in [3.8, 4) is 6.01 Å². The molecule has 0 aromatic carbocycles. The lowest BCUT2D eigenvalue weighted by atomic mass is 10.3. The standard InChI is InChI=1S/C15H25N7O2/c1-3-4-9-24-14-19-12(16)11-13(20-14)22(15(23)18-11)10(2)21-7-5-17-6-8-21/h10,17H,3-9H2,1-2H3,(H,18,23)(H2,16,19,20). The Morgan fingerprint density at radius 3 is 2.79 bits per heavy atom. The third-order valence-corrected chi connectivity index (χ3v) is 4.36. The van der Waals surface area contributed by atoms with Crippen molar-refractivity contribution in [1.82, 2.24) is 29.7 Å². The Hall–Kier alpha value is -2.13. The van der Waals surface area contributed by atoms with E-state index in [2.05, 4.69) is 32.1 Å². The highest BCUT2D eigenvalue weighted by molar-refractivity contribution is 5.81. The van der Waals surface area contributed by atoms with Crippen LogP contribution < -0.4 is 21.5 Å². The fraction of sp³-hybridized carbons (Fsp3) is 0.667. The number of hydrogen-bond acceptors (Lipinski definition) is 7. The number of piperazine rings is 1. The Kier molecular flexibility index (Phi) is 5.00. The zero-order valence-corrected chi connectivity index (χ0v) is 14.2. The summed E-state index contributed by atoms with van der Waals surface area (Å²) in [6.07, 6.45) is 1.82. The number of aromatic nitrogens is 4. The summed E-state index contributed by atoms with van der Waals surface area (Å²) in [5.74, 6) is 0.231. The summed E-state index contributed by atoms with van der Waals surface area (Å²) in [4.78, 5) is 26.0. The van der Waals surface area contributed by atoms with E-state index in [0.29, 0.717) is 17.8 Å². The molecular weight excluding hydrogens is 310 g/mol. The third-order valence-electron chi connectivity index (χ3n) is 4.36. The summed E-state index contributed by atoms with van der Waals surface area (Å²) in [5, 5.41) is 3.31. The molecule has 9 heteroatoms. The topological polar surface area (TPSA) is 114 Å². The van der Waals surface area contributed by atoms with E-state index < -0.39 is 0 Å². The van der Waals surface area contributed by atoms with Gasteiger partial charge in [0.25, 0.3) is 0 Å². The summed E-state index contributed by atoms with van der Waals surface area (Å²) < 4.78 is 7.20. The van der Waals surface area contributed by atoms with Gasteiger partial charge in [0.2, 0.25) is 0 Å². The third kappa shape index (κ3) is 3.22. The molecular formula is C15H25N7O2. The number of ether oxygens (including phenoxy) is 1. The van der Waals surface area contributed by atoms with Crippen molar-refractivity contribution in [3.63, 3.8) is 0 Å². The van der Waals surface area contributed by atoms with E-state index in [-0.39, 0.29) is 23.7 Å². The maximum Gasteiger partial charge on any atom is 0.329 e. The van der Waals surface area contributed by atoms with Gasteiger partial charge in [-0.15, -0.1) is 0 Å². The van der Waals surface area contributed by atoms with E-state index in [1.165, 1.54) is 0 Å². The quantitative estimate of drug-likeness (QED) is 0.651. The SMILES string of the molecule is CCCCOc1nc(N)c2[nH]c(=O)n(C(C)N3CCNCC3)c2n1. The van der Waals surface area contributed by atoms with Crippen molar-refractivity contribution in [2.24, 2.45) is 0 Å². The first-order valence-electron chi connectivity index (χ1n) is 8.47. The molecule has 3 heterocycles. The fourth-order valence-electron chi connectivity index (χ4n) is 2.94. The number of nitrogen functional groups attached to an aromatic ring is 1. The molecule has 24 heavy (non-hydrogen) atoms. The second-order valence-corrected chi connectivity index (χ2v) is 6.01. The van der Waals surface area contributed by atoms with E-state index in [1.54, 1.807) is 4.57 Å². The number of hydrogen-bond donors (Lipinski definition) is 3. The Bertz CT molecular complexity index is 748. The van der Waals surface area contributed by atoms with Crippen LogP contribution in [0.25, 0.3) is 11.2 Å². The van der Waals surface area contributed by atoms with Crippen LogP contribution in [-0.4, -0.2) is 57.2 Å². The van der Waals surface area contributed by atoms with Gasteiger partial charge in [-0.05, 0) is 13.3 Å². The molecule has 1 fully saturated rings. The van der Waals surface area contributed by atoms with Gasteiger partial charge in [-0.1, -0.05) is 13.3 Å². The Balaban J connectivity index is 1.96. The predicted octanol–water partition coefficient (Wildman–Crippen LogP) is 0.304. The summed E-state index contributed by atoms with van der Waals surface area (Å²) in [7, 11) is 0. The van der Waals surface area contributed by atoms with Gasteiger partial charge >= 0.3 is 11.7 Å². The molecule has 2 aromatic heterocycles. The van der Waals surface area contributed by atoms with E-state index in [1.807, 2.05) is 6.92 Å². The van der Waals surface area contributed by atoms with Crippen LogP contribution in [0.5, 0.6) is 6.01 Å². The minimum Gasteiger partial charge on any atom is -0.463 e. The van der Waals surface area contributed by atoms with Crippen molar-refractivity contribution in [2.75, 3.05) is 38.5 Å². The molecule has 132 valence electrons. The van der Waals surface area contributed by atoms with Crippen molar-refractivity contribution in [1.29, 1.82) is 0 Å². The minimum atomic E-state index is -0.234. The van der Waals surface area contributed by atoms with E-state index in [0.717, 1.165) is 39.0 Å². The molecule has 1 unspecified atom stereocenters. The summed E-state index contributed by atoms with van der Waals surface area (Å²) >= 11 is 0. The second kappa shape index (κ2) is 7.18. The van der Waals surface area contributed by atoms with E-state index in [4.69, 9.17) is 10.5 Å².